The van der Waals surface area contributed by atoms with E-state index >= 15 is 0 Å². The van der Waals surface area contributed by atoms with Gasteiger partial charge in [-0.2, -0.15) is 0 Å². The molecule has 0 unspecified atom stereocenters. The lowest BCUT2D eigenvalue weighted by Gasteiger charge is -2.11. The van der Waals surface area contributed by atoms with Crippen molar-refractivity contribution in [3.8, 4) is 5.75 Å². The largest absolute Gasteiger partial charge is 0.494 e. The molecule has 1 rings (SSSR count). The summed E-state index contributed by atoms with van der Waals surface area (Å²) >= 11 is 0. The van der Waals surface area contributed by atoms with Crippen LogP contribution in [0.4, 0.5) is 0 Å². The molecule has 0 saturated heterocycles. The summed E-state index contributed by atoms with van der Waals surface area (Å²) in [5.41, 5.74) is 1.00. The van der Waals surface area contributed by atoms with Crippen molar-refractivity contribution in [3.63, 3.8) is 0 Å². The van der Waals surface area contributed by atoms with Crippen molar-refractivity contribution in [1.82, 2.24) is 4.31 Å². The van der Waals surface area contributed by atoms with Gasteiger partial charge >= 0.3 is 0 Å². The number of nitrogens with zero attached hydrogens (tertiary/aromatic N) is 1. The molecule has 0 saturated carbocycles. The lowest BCUT2D eigenvalue weighted by molar-refractivity contribution is 0.316. The standard InChI is InChI=1S/C12H18NO3S/c1-11-6-4-7-12(10-11)16-8-5-9-17(14,15)13(2)3/h4,7,10H,5,8-9H2,1-3H3. The minimum Gasteiger partial charge on any atom is -0.494 e. The lowest BCUT2D eigenvalue weighted by atomic mass is 10.2. The number of hydrogen-bond acceptors (Lipinski definition) is 3. The van der Waals surface area contributed by atoms with Gasteiger partial charge in [0.05, 0.1) is 12.4 Å². The Morgan fingerprint density at radius 2 is 2.12 bits per heavy atom. The van der Waals surface area contributed by atoms with Gasteiger partial charge in [0.1, 0.15) is 5.75 Å². The molecule has 0 heterocycles. The van der Waals surface area contributed by atoms with Crippen molar-refractivity contribution in [3.05, 3.63) is 29.8 Å². The predicted molar refractivity (Wildman–Crippen MR) is 67.6 cm³/mol. The van der Waals surface area contributed by atoms with Crippen LogP contribution in [0, 0.1) is 13.0 Å². The molecule has 0 aliphatic rings. The molecule has 5 heteroatoms. The van der Waals surface area contributed by atoms with Gasteiger partial charge in [0.25, 0.3) is 0 Å². The third kappa shape index (κ3) is 4.75. The smallest absolute Gasteiger partial charge is 0.213 e. The molecular weight excluding hydrogens is 238 g/mol. The number of rotatable bonds is 6. The lowest BCUT2D eigenvalue weighted by Crippen LogP contribution is -2.25. The first-order valence-electron chi connectivity index (χ1n) is 5.43. The minimum atomic E-state index is -3.11. The maximum Gasteiger partial charge on any atom is 0.213 e. The first-order valence-corrected chi connectivity index (χ1v) is 7.04. The highest BCUT2D eigenvalue weighted by molar-refractivity contribution is 7.89. The van der Waals surface area contributed by atoms with Crippen LogP contribution in [-0.4, -0.2) is 39.2 Å². The fourth-order valence-electron chi connectivity index (χ4n) is 1.26. The second kappa shape index (κ2) is 6.02. The number of ether oxygens (including phenoxy) is 1. The van der Waals surface area contributed by atoms with Crippen LogP contribution in [0.25, 0.3) is 0 Å². The summed E-state index contributed by atoms with van der Waals surface area (Å²) in [6.07, 6.45) is 0.484. The molecule has 1 aromatic rings. The van der Waals surface area contributed by atoms with Gasteiger partial charge in [0, 0.05) is 14.1 Å². The highest BCUT2D eigenvalue weighted by atomic mass is 32.2. The summed E-state index contributed by atoms with van der Waals surface area (Å²) < 4.78 is 29.6. The Morgan fingerprint density at radius 1 is 1.41 bits per heavy atom. The predicted octanol–water partition coefficient (Wildman–Crippen LogP) is 1.46. The van der Waals surface area contributed by atoms with Gasteiger partial charge in [-0.3, -0.25) is 0 Å². The quantitative estimate of drug-likeness (QED) is 0.724. The SMILES string of the molecule is Cc1[c]ccc(OCCCS(=O)(=O)N(C)C)c1. The third-order valence-corrected chi connectivity index (χ3v) is 4.21. The fourth-order valence-corrected chi connectivity index (χ4v) is 2.11. The van der Waals surface area contributed by atoms with Crippen LogP contribution in [0.5, 0.6) is 5.75 Å². The van der Waals surface area contributed by atoms with Crippen molar-refractivity contribution >= 4 is 10.0 Å². The van der Waals surface area contributed by atoms with Gasteiger partial charge < -0.3 is 4.74 Å². The fraction of sp³-hybridized carbons (Fsp3) is 0.500. The van der Waals surface area contributed by atoms with Crippen molar-refractivity contribution in [2.45, 2.75) is 13.3 Å². The molecule has 0 bridgehead atoms. The zero-order valence-corrected chi connectivity index (χ0v) is 11.3. The summed E-state index contributed by atoms with van der Waals surface area (Å²) in [6, 6.07) is 8.50. The van der Waals surface area contributed by atoms with E-state index in [1.165, 1.54) is 18.4 Å². The van der Waals surface area contributed by atoms with Gasteiger partial charge in [-0.1, -0.05) is 6.07 Å². The van der Waals surface area contributed by atoms with E-state index in [1.807, 2.05) is 19.1 Å². The molecular formula is C12H18NO3S. The van der Waals surface area contributed by atoms with E-state index in [9.17, 15) is 8.42 Å². The molecule has 95 valence electrons. The summed E-state index contributed by atoms with van der Waals surface area (Å²) in [5, 5.41) is 0. The van der Waals surface area contributed by atoms with Crippen LogP contribution >= 0.6 is 0 Å². The Morgan fingerprint density at radius 3 is 2.71 bits per heavy atom. The monoisotopic (exact) mass is 256 g/mol. The Balaban J connectivity index is 2.35. The van der Waals surface area contributed by atoms with Gasteiger partial charge in [0.15, 0.2) is 0 Å². The van der Waals surface area contributed by atoms with E-state index in [-0.39, 0.29) is 5.75 Å². The number of sulfonamides is 1. The third-order valence-electron chi connectivity index (χ3n) is 2.29. The maximum absolute atomic E-state index is 11.5. The number of benzene rings is 1. The van der Waals surface area contributed by atoms with Gasteiger partial charge in [-0.15, -0.1) is 0 Å². The molecule has 17 heavy (non-hydrogen) atoms. The average Bonchev–Trinajstić information content (AvgIpc) is 2.24. The number of aryl methyl sites for hydroxylation is 1. The first kappa shape index (κ1) is 14.0. The maximum atomic E-state index is 11.5. The van der Waals surface area contributed by atoms with Gasteiger partial charge in [-0.25, -0.2) is 12.7 Å². The van der Waals surface area contributed by atoms with Crippen molar-refractivity contribution in [2.75, 3.05) is 26.5 Å². The molecule has 0 aliphatic carbocycles. The van der Waals surface area contributed by atoms with Crippen LogP contribution in [0.2, 0.25) is 0 Å². The molecule has 0 amide bonds. The highest BCUT2D eigenvalue weighted by Gasteiger charge is 2.12. The molecule has 0 aliphatic heterocycles. The second-order valence-electron chi connectivity index (χ2n) is 4.01. The average molecular weight is 256 g/mol. The highest BCUT2D eigenvalue weighted by Crippen LogP contribution is 2.12. The Kier molecular flexibility index (Phi) is 4.96. The van der Waals surface area contributed by atoms with E-state index in [0.717, 1.165) is 11.3 Å². The van der Waals surface area contributed by atoms with E-state index in [4.69, 9.17) is 4.74 Å². The Hall–Kier alpha value is -1.07. The molecule has 1 aromatic carbocycles. The van der Waals surface area contributed by atoms with Gasteiger partial charge in [0.2, 0.25) is 10.0 Å². The van der Waals surface area contributed by atoms with Crippen LogP contribution in [0.1, 0.15) is 12.0 Å². The molecule has 1 radical (unpaired) electrons. The van der Waals surface area contributed by atoms with E-state index in [2.05, 4.69) is 6.07 Å². The summed E-state index contributed by atoms with van der Waals surface area (Å²) in [6.45, 7) is 2.33. The van der Waals surface area contributed by atoms with Crippen molar-refractivity contribution < 1.29 is 13.2 Å². The zero-order chi connectivity index (χ0) is 12.9. The van der Waals surface area contributed by atoms with E-state index in [0.29, 0.717) is 13.0 Å². The topological polar surface area (TPSA) is 46.6 Å². The molecule has 4 nitrogen and oxygen atoms in total. The van der Waals surface area contributed by atoms with E-state index < -0.39 is 10.0 Å². The molecule has 0 atom stereocenters. The molecule has 0 fully saturated rings. The van der Waals surface area contributed by atoms with Crippen LogP contribution in [0.3, 0.4) is 0 Å². The summed E-state index contributed by atoms with van der Waals surface area (Å²) in [5.74, 6) is 0.862. The second-order valence-corrected chi connectivity index (χ2v) is 6.31. The molecule has 0 N–H and O–H groups in total. The van der Waals surface area contributed by atoms with Crippen LogP contribution in [0.15, 0.2) is 18.2 Å². The minimum absolute atomic E-state index is 0.109. The van der Waals surface area contributed by atoms with Gasteiger partial charge in [-0.05, 0) is 37.1 Å². The van der Waals surface area contributed by atoms with Crippen LogP contribution < -0.4 is 4.74 Å². The summed E-state index contributed by atoms with van der Waals surface area (Å²) in [4.78, 5) is 0. The van der Waals surface area contributed by atoms with E-state index in [1.54, 1.807) is 6.07 Å². The Bertz CT molecular complexity index is 455. The van der Waals surface area contributed by atoms with Crippen molar-refractivity contribution in [2.24, 2.45) is 0 Å². The molecule has 0 aromatic heterocycles. The summed E-state index contributed by atoms with van der Waals surface area (Å²) in [7, 11) is -0.0450. The normalized spacial score (nSPS) is 11.8. The zero-order valence-electron chi connectivity index (χ0n) is 10.4. The van der Waals surface area contributed by atoms with Crippen LogP contribution in [-0.2, 0) is 10.0 Å². The number of hydrogen-bond donors (Lipinski definition) is 0. The molecule has 0 spiro atoms. The Labute approximate surface area is 103 Å². The first-order chi connectivity index (χ1) is 7.92. The van der Waals surface area contributed by atoms with Crippen molar-refractivity contribution in [1.29, 1.82) is 0 Å².